The van der Waals surface area contributed by atoms with Crippen molar-refractivity contribution in [2.45, 2.75) is 19.9 Å². The first-order valence-corrected chi connectivity index (χ1v) is 5.85. The zero-order valence-electron chi connectivity index (χ0n) is 10.8. The highest BCUT2D eigenvalue weighted by molar-refractivity contribution is 6.32. The maximum Gasteiger partial charge on any atom is 0.234 e. The predicted octanol–water partition coefficient (Wildman–Crippen LogP) is 0.253. The highest BCUT2D eigenvalue weighted by Gasteiger charge is 2.42. The summed E-state index contributed by atoms with van der Waals surface area (Å²) in [6, 6.07) is 7.41. The maximum atomic E-state index is 12.1. The second-order valence-corrected chi connectivity index (χ2v) is 5.00. The van der Waals surface area contributed by atoms with Gasteiger partial charge in [0, 0.05) is 7.05 Å². The third-order valence-corrected chi connectivity index (χ3v) is 3.29. The van der Waals surface area contributed by atoms with Crippen molar-refractivity contribution in [2.24, 2.45) is 10.4 Å². The summed E-state index contributed by atoms with van der Waals surface area (Å²) in [7, 11) is 7.43. The molecule has 2 N–H and O–H groups in total. The molecule has 1 fully saturated rings. The predicted molar refractivity (Wildman–Crippen MR) is 73.0 cm³/mol. The fourth-order valence-electron chi connectivity index (χ4n) is 2.11. The van der Waals surface area contributed by atoms with Gasteiger partial charge in [-0.3, -0.25) is 15.1 Å². The lowest BCUT2D eigenvalue weighted by molar-refractivity contribution is -0.130. The fraction of sp³-hybridized carbons (Fsp3) is 0.385. The summed E-state index contributed by atoms with van der Waals surface area (Å²) >= 11 is 0. The van der Waals surface area contributed by atoms with Gasteiger partial charge < -0.3 is 5.32 Å². The number of nitrogens with one attached hydrogen (secondary N) is 2. The van der Waals surface area contributed by atoms with Crippen LogP contribution in [0.3, 0.4) is 0 Å². The maximum absolute atomic E-state index is 12.1. The van der Waals surface area contributed by atoms with Gasteiger partial charge in [-0.15, -0.1) is 0 Å². The van der Waals surface area contributed by atoms with Crippen LogP contribution < -0.4 is 16.1 Å². The van der Waals surface area contributed by atoms with Gasteiger partial charge in [-0.05, 0) is 19.4 Å². The number of guanidine groups is 1. The SMILES string of the molecule is [B]c1cccc([C@H]2NC(=NC)NC(=O)C2(C)C)c1. The summed E-state index contributed by atoms with van der Waals surface area (Å²) in [5.74, 6) is 0.445. The smallest absolute Gasteiger partial charge is 0.234 e. The van der Waals surface area contributed by atoms with Crippen LogP contribution in [-0.4, -0.2) is 26.8 Å². The number of hydrogen-bond acceptors (Lipinski definition) is 2. The second kappa shape index (κ2) is 4.48. The van der Waals surface area contributed by atoms with E-state index in [-0.39, 0.29) is 11.9 Å². The van der Waals surface area contributed by atoms with E-state index < -0.39 is 5.41 Å². The van der Waals surface area contributed by atoms with E-state index >= 15 is 0 Å². The molecular formula is C13H16BN3O. The van der Waals surface area contributed by atoms with E-state index in [1.54, 1.807) is 7.05 Å². The van der Waals surface area contributed by atoms with Gasteiger partial charge in [0.25, 0.3) is 0 Å². The number of benzene rings is 1. The Labute approximate surface area is 108 Å². The van der Waals surface area contributed by atoms with E-state index in [9.17, 15) is 4.79 Å². The number of amides is 1. The van der Waals surface area contributed by atoms with Crippen LogP contribution >= 0.6 is 0 Å². The number of carbonyl (C=O) groups is 1. The number of aliphatic imine (C=N–C) groups is 1. The lowest BCUT2D eigenvalue weighted by Gasteiger charge is -2.39. The molecule has 2 radical (unpaired) electrons. The molecule has 0 unspecified atom stereocenters. The molecule has 1 saturated heterocycles. The van der Waals surface area contributed by atoms with Gasteiger partial charge in [-0.1, -0.05) is 29.7 Å². The first-order valence-electron chi connectivity index (χ1n) is 5.85. The molecule has 1 aromatic carbocycles. The van der Waals surface area contributed by atoms with Gasteiger partial charge in [-0.25, -0.2) is 0 Å². The van der Waals surface area contributed by atoms with Crippen LogP contribution in [0.25, 0.3) is 0 Å². The van der Waals surface area contributed by atoms with Crippen molar-refractivity contribution in [1.82, 2.24) is 10.6 Å². The van der Waals surface area contributed by atoms with Gasteiger partial charge >= 0.3 is 0 Å². The van der Waals surface area contributed by atoms with E-state index in [4.69, 9.17) is 7.85 Å². The summed E-state index contributed by atoms with van der Waals surface area (Å²) in [4.78, 5) is 16.1. The highest BCUT2D eigenvalue weighted by atomic mass is 16.2. The summed E-state index contributed by atoms with van der Waals surface area (Å²) < 4.78 is 0. The van der Waals surface area contributed by atoms with Crippen LogP contribution in [0.15, 0.2) is 29.3 Å². The molecule has 1 atom stereocenters. The minimum Gasteiger partial charge on any atom is -0.348 e. The molecule has 1 aromatic rings. The molecule has 1 aliphatic heterocycles. The molecule has 4 nitrogen and oxygen atoms in total. The van der Waals surface area contributed by atoms with Gasteiger partial charge in [-0.2, -0.15) is 0 Å². The van der Waals surface area contributed by atoms with Crippen LogP contribution in [0, 0.1) is 5.41 Å². The highest BCUT2D eigenvalue weighted by Crippen LogP contribution is 2.35. The molecule has 18 heavy (non-hydrogen) atoms. The third-order valence-electron chi connectivity index (χ3n) is 3.29. The number of carbonyl (C=O) groups excluding carboxylic acids is 1. The Bertz CT molecular complexity index is 511. The normalized spacial score (nSPS) is 24.5. The summed E-state index contributed by atoms with van der Waals surface area (Å²) in [5, 5.41) is 5.97. The fourth-order valence-corrected chi connectivity index (χ4v) is 2.11. The largest absolute Gasteiger partial charge is 0.348 e. The quantitative estimate of drug-likeness (QED) is 0.692. The van der Waals surface area contributed by atoms with Crippen molar-refractivity contribution in [3.8, 4) is 0 Å². The van der Waals surface area contributed by atoms with Crippen molar-refractivity contribution < 1.29 is 4.79 Å². The van der Waals surface area contributed by atoms with E-state index in [2.05, 4.69) is 15.6 Å². The van der Waals surface area contributed by atoms with Crippen LogP contribution in [-0.2, 0) is 4.79 Å². The van der Waals surface area contributed by atoms with E-state index in [1.165, 1.54) is 0 Å². The van der Waals surface area contributed by atoms with Crippen molar-refractivity contribution in [2.75, 3.05) is 7.05 Å². The average Bonchev–Trinajstić information content (AvgIpc) is 2.32. The second-order valence-electron chi connectivity index (χ2n) is 5.00. The Morgan fingerprint density at radius 1 is 1.39 bits per heavy atom. The minimum atomic E-state index is -0.567. The van der Waals surface area contributed by atoms with Gasteiger partial charge in [0.05, 0.1) is 11.5 Å². The van der Waals surface area contributed by atoms with E-state index in [1.807, 2.05) is 38.1 Å². The third kappa shape index (κ3) is 2.12. The monoisotopic (exact) mass is 241 g/mol. The standard InChI is InChI=1S/C13H16BN3O/c1-13(2)10(8-5-4-6-9(14)7-8)16-12(15-3)17-11(13)18/h4-7,10H,1-3H3,(H2,15,16,17,18)/t10-/m1/s1. The van der Waals surface area contributed by atoms with Crippen molar-refractivity contribution >= 4 is 25.2 Å². The summed E-state index contributed by atoms with van der Waals surface area (Å²) in [6.07, 6.45) is 0. The van der Waals surface area contributed by atoms with Crippen LogP contribution in [0.2, 0.25) is 0 Å². The molecule has 1 amide bonds. The van der Waals surface area contributed by atoms with Crippen LogP contribution in [0.1, 0.15) is 25.5 Å². The molecule has 2 rings (SSSR count). The molecule has 1 aliphatic rings. The first-order chi connectivity index (χ1) is 8.45. The number of rotatable bonds is 1. The summed E-state index contributed by atoms with van der Waals surface area (Å²) in [5.41, 5.74) is 1.10. The Balaban J connectivity index is 2.43. The Kier molecular flexibility index (Phi) is 3.15. The molecule has 92 valence electrons. The van der Waals surface area contributed by atoms with Gasteiger partial charge in [0.15, 0.2) is 5.96 Å². The molecular weight excluding hydrogens is 225 g/mol. The lowest BCUT2D eigenvalue weighted by atomic mass is 9.77. The van der Waals surface area contributed by atoms with Crippen LogP contribution in [0.5, 0.6) is 0 Å². The van der Waals surface area contributed by atoms with Crippen LogP contribution in [0.4, 0.5) is 0 Å². The Morgan fingerprint density at radius 3 is 2.72 bits per heavy atom. The zero-order valence-corrected chi connectivity index (χ0v) is 10.8. The molecule has 5 heteroatoms. The van der Waals surface area contributed by atoms with Gasteiger partial charge in [0.2, 0.25) is 5.91 Å². The molecule has 1 heterocycles. The summed E-state index contributed by atoms with van der Waals surface area (Å²) in [6.45, 7) is 3.80. The molecule has 0 aromatic heterocycles. The number of nitrogens with zero attached hydrogens (tertiary/aromatic N) is 1. The van der Waals surface area contributed by atoms with Gasteiger partial charge in [0.1, 0.15) is 7.85 Å². The van der Waals surface area contributed by atoms with E-state index in [0.717, 1.165) is 5.56 Å². The average molecular weight is 241 g/mol. The molecule has 0 spiro atoms. The molecule has 0 bridgehead atoms. The Hall–Kier alpha value is -1.78. The molecule has 0 aliphatic carbocycles. The minimum absolute atomic E-state index is 0.0470. The topological polar surface area (TPSA) is 53.5 Å². The van der Waals surface area contributed by atoms with Crippen molar-refractivity contribution in [3.05, 3.63) is 29.8 Å². The number of hydrogen-bond donors (Lipinski definition) is 2. The Morgan fingerprint density at radius 2 is 2.11 bits per heavy atom. The van der Waals surface area contributed by atoms with E-state index in [0.29, 0.717) is 11.4 Å². The van der Waals surface area contributed by atoms with Crippen molar-refractivity contribution in [1.29, 1.82) is 0 Å². The lowest BCUT2D eigenvalue weighted by Crippen LogP contribution is -2.58. The van der Waals surface area contributed by atoms with Crippen molar-refractivity contribution in [3.63, 3.8) is 0 Å². The molecule has 0 saturated carbocycles. The first kappa shape index (κ1) is 12.7. The zero-order chi connectivity index (χ0) is 13.3.